The number of terminal acetylenes is 1. The summed E-state index contributed by atoms with van der Waals surface area (Å²) < 4.78 is 6.19. The van der Waals surface area contributed by atoms with Crippen LogP contribution in [0.15, 0.2) is 65.1 Å². The lowest BCUT2D eigenvalue weighted by atomic mass is 10.1. The SMILES string of the molecule is C#Cc1cc(Br)cc(C(=O)OCc2ccc(C[NH2+]Cc3cc(C)cc(C)c3)cc2)c1. The molecule has 3 nitrogen and oxygen atoms in total. The molecule has 0 saturated heterocycles. The molecule has 0 radical (unpaired) electrons. The molecular formula is C26H25BrNO2+. The number of rotatable bonds is 7. The summed E-state index contributed by atoms with van der Waals surface area (Å²) in [6.07, 6.45) is 5.42. The average molecular weight is 463 g/mol. The Morgan fingerprint density at radius 2 is 1.57 bits per heavy atom. The number of hydrogen-bond acceptors (Lipinski definition) is 2. The van der Waals surface area contributed by atoms with E-state index in [2.05, 4.69) is 71.3 Å². The van der Waals surface area contributed by atoms with Crippen molar-refractivity contribution in [2.24, 2.45) is 0 Å². The lowest BCUT2D eigenvalue weighted by molar-refractivity contribution is -0.686. The van der Waals surface area contributed by atoms with Crippen LogP contribution in [0.1, 0.15) is 43.7 Å². The summed E-state index contributed by atoms with van der Waals surface area (Å²) in [5.74, 6) is 2.14. The van der Waals surface area contributed by atoms with Gasteiger partial charge in [-0.25, -0.2) is 4.79 Å². The normalized spacial score (nSPS) is 10.5. The minimum Gasteiger partial charge on any atom is -0.457 e. The van der Waals surface area contributed by atoms with Gasteiger partial charge in [-0.15, -0.1) is 6.42 Å². The average Bonchev–Trinajstić information content (AvgIpc) is 2.71. The van der Waals surface area contributed by atoms with Gasteiger partial charge < -0.3 is 10.1 Å². The molecule has 0 spiro atoms. The van der Waals surface area contributed by atoms with Crippen molar-refractivity contribution in [3.05, 3.63) is 104 Å². The molecule has 3 aromatic carbocycles. The third kappa shape index (κ3) is 6.32. The summed E-state index contributed by atoms with van der Waals surface area (Å²) >= 11 is 3.36. The Kier molecular flexibility index (Phi) is 7.46. The zero-order chi connectivity index (χ0) is 21.5. The first kappa shape index (κ1) is 21.8. The van der Waals surface area contributed by atoms with Crippen molar-refractivity contribution in [2.75, 3.05) is 0 Å². The van der Waals surface area contributed by atoms with Crippen molar-refractivity contribution in [1.29, 1.82) is 0 Å². The van der Waals surface area contributed by atoms with Crippen LogP contribution in [0.2, 0.25) is 0 Å². The Balaban J connectivity index is 1.50. The minimum absolute atomic E-state index is 0.225. The number of halogens is 1. The van der Waals surface area contributed by atoms with E-state index in [9.17, 15) is 4.79 Å². The molecule has 3 aromatic rings. The molecule has 0 aliphatic carbocycles. The summed E-state index contributed by atoms with van der Waals surface area (Å²) in [7, 11) is 0. The van der Waals surface area contributed by atoms with Crippen molar-refractivity contribution in [1.82, 2.24) is 0 Å². The number of quaternary nitrogens is 1. The van der Waals surface area contributed by atoms with Crippen LogP contribution in [-0.2, 0) is 24.4 Å². The maximum absolute atomic E-state index is 12.3. The number of carbonyl (C=O) groups is 1. The van der Waals surface area contributed by atoms with Crippen LogP contribution < -0.4 is 5.32 Å². The smallest absolute Gasteiger partial charge is 0.338 e. The maximum atomic E-state index is 12.3. The van der Waals surface area contributed by atoms with Crippen LogP contribution in [0.25, 0.3) is 0 Å². The van der Waals surface area contributed by atoms with Crippen LogP contribution in [0, 0.1) is 26.2 Å². The van der Waals surface area contributed by atoms with E-state index in [0.29, 0.717) is 11.1 Å². The van der Waals surface area contributed by atoms with Gasteiger partial charge in [-0.1, -0.05) is 75.4 Å². The van der Waals surface area contributed by atoms with Gasteiger partial charge in [0.25, 0.3) is 0 Å². The highest BCUT2D eigenvalue weighted by Gasteiger charge is 2.10. The summed E-state index contributed by atoms with van der Waals surface area (Å²) in [6, 6.07) is 20.0. The predicted octanol–water partition coefficient (Wildman–Crippen LogP) is 4.67. The van der Waals surface area contributed by atoms with Crippen molar-refractivity contribution >= 4 is 21.9 Å². The second-order valence-corrected chi connectivity index (χ2v) is 8.37. The van der Waals surface area contributed by atoms with Crippen molar-refractivity contribution in [3.8, 4) is 12.3 Å². The molecule has 4 heteroatoms. The van der Waals surface area contributed by atoms with E-state index in [1.54, 1.807) is 18.2 Å². The molecule has 0 heterocycles. The van der Waals surface area contributed by atoms with Gasteiger partial charge in [0.15, 0.2) is 0 Å². The highest BCUT2D eigenvalue weighted by molar-refractivity contribution is 9.10. The van der Waals surface area contributed by atoms with Gasteiger partial charge in [-0.3, -0.25) is 0 Å². The van der Waals surface area contributed by atoms with Gasteiger partial charge in [0.2, 0.25) is 0 Å². The first-order valence-corrected chi connectivity index (χ1v) is 10.6. The standard InChI is InChI=1S/C26H24BrNO2/c1-4-20-12-24(14-25(27)13-20)26(29)30-17-22-7-5-21(6-8-22)15-28-16-23-10-18(2)9-19(3)11-23/h1,5-14,28H,15-17H2,2-3H3/p+1. The lowest BCUT2D eigenvalue weighted by Crippen LogP contribution is -2.80. The molecule has 0 aliphatic heterocycles. The van der Waals surface area contributed by atoms with E-state index >= 15 is 0 Å². The summed E-state index contributed by atoms with van der Waals surface area (Å²) in [6.45, 7) is 6.34. The second kappa shape index (κ2) is 10.2. The highest BCUT2D eigenvalue weighted by atomic mass is 79.9. The van der Waals surface area contributed by atoms with Crippen molar-refractivity contribution in [2.45, 2.75) is 33.5 Å². The molecule has 0 fully saturated rings. The molecule has 0 atom stereocenters. The Labute approximate surface area is 186 Å². The Morgan fingerprint density at radius 1 is 0.933 bits per heavy atom. The quantitative estimate of drug-likeness (QED) is 0.409. The fraction of sp³-hybridized carbons (Fsp3) is 0.192. The number of ether oxygens (including phenoxy) is 1. The van der Waals surface area contributed by atoms with Gasteiger partial charge in [-0.2, -0.15) is 0 Å². The van der Waals surface area contributed by atoms with E-state index < -0.39 is 5.97 Å². The topological polar surface area (TPSA) is 42.9 Å². The molecule has 0 aromatic heterocycles. The van der Waals surface area contributed by atoms with Gasteiger partial charge in [0.05, 0.1) is 5.56 Å². The lowest BCUT2D eigenvalue weighted by Gasteiger charge is -2.08. The number of esters is 1. The van der Waals surface area contributed by atoms with Crippen molar-refractivity contribution < 1.29 is 14.8 Å². The van der Waals surface area contributed by atoms with Crippen LogP contribution in [0.4, 0.5) is 0 Å². The molecular weight excluding hydrogens is 438 g/mol. The molecule has 0 saturated carbocycles. The zero-order valence-corrected chi connectivity index (χ0v) is 18.8. The van der Waals surface area contributed by atoms with Crippen LogP contribution in [0.5, 0.6) is 0 Å². The van der Waals surface area contributed by atoms with Gasteiger partial charge in [-0.05, 0) is 37.6 Å². The van der Waals surface area contributed by atoms with Gasteiger partial charge >= 0.3 is 5.97 Å². The maximum Gasteiger partial charge on any atom is 0.338 e. The number of hydrogen-bond donors (Lipinski definition) is 1. The van der Waals surface area contributed by atoms with E-state index in [1.165, 1.54) is 22.3 Å². The number of nitrogens with two attached hydrogens (primary N) is 1. The molecule has 2 N–H and O–H groups in total. The van der Waals surface area contributed by atoms with E-state index in [1.807, 2.05) is 12.1 Å². The van der Waals surface area contributed by atoms with E-state index in [4.69, 9.17) is 11.2 Å². The molecule has 0 unspecified atom stereocenters. The van der Waals surface area contributed by atoms with E-state index in [-0.39, 0.29) is 6.61 Å². The van der Waals surface area contributed by atoms with Gasteiger partial charge in [0, 0.05) is 21.2 Å². The second-order valence-electron chi connectivity index (χ2n) is 7.46. The fourth-order valence-electron chi connectivity index (χ4n) is 3.39. The molecule has 30 heavy (non-hydrogen) atoms. The molecule has 0 bridgehead atoms. The molecule has 152 valence electrons. The minimum atomic E-state index is -0.390. The zero-order valence-electron chi connectivity index (χ0n) is 17.2. The Bertz CT molecular complexity index is 1060. The van der Waals surface area contributed by atoms with Crippen LogP contribution >= 0.6 is 15.9 Å². The molecule has 0 aliphatic rings. The van der Waals surface area contributed by atoms with Crippen molar-refractivity contribution in [3.63, 3.8) is 0 Å². The first-order chi connectivity index (χ1) is 14.4. The molecule has 3 rings (SSSR count). The Morgan fingerprint density at radius 3 is 2.23 bits per heavy atom. The van der Waals surface area contributed by atoms with E-state index in [0.717, 1.165) is 23.1 Å². The number of carbonyl (C=O) groups excluding carboxylic acids is 1. The molecule has 0 amide bonds. The predicted molar refractivity (Wildman–Crippen MR) is 123 cm³/mol. The Hall–Kier alpha value is -2.87. The largest absolute Gasteiger partial charge is 0.457 e. The van der Waals surface area contributed by atoms with Crippen LogP contribution in [-0.4, -0.2) is 5.97 Å². The number of benzene rings is 3. The van der Waals surface area contributed by atoms with Crippen LogP contribution in [0.3, 0.4) is 0 Å². The monoisotopic (exact) mass is 462 g/mol. The first-order valence-electron chi connectivity index (χ1n) is 9.84. The summed E-state index contributed by atoms with van der Waals surface area (Å²) in [5.41, 5.74) is 7.21. The third-order valence-electron chi connectivity index (χ3n) is 4.73. The fourth-order valence-corrected chi connectivity index (χ4v) is 3.88. The summed E-state index contributed by atoms with van der Waals surface area (Å²) in [5, 5.41) is 2.29. The summed E-state index contributed by atoms with van der Waals surface area (Å²) in [4.78, 5) is 12.3. The highest BCUT2D eigenvalue weighted by Crippen LogP contribution is 2.17. The van der Waals surface area contributed by atoms with Gasteiger partial charge in [0.1, 0.15) is 19.7 Å². The number of aryl methyl sites for hydroxylation is 2. The third-order valence-corrected chi connectivity index (χ3v) is 5.19.